The highest BCUT2D eigenvalue weighted by atomic mass is 33.5. The SMILES string of the molecule is N#CSSSNC(N)=O. The Morgan fingerprint density at radius 1 is 1.78 bits per heavy atom. The number of hydrogen-bond acceptors (Lipinski definition) is 5. The largest absolute Gasteiger partial charge is 0.351 e. The molecule has 0 aliphatic carbocycles. The summed E-state index contributed by atoms with van der Waals surface area (Å²) in [6.07, 6.45) is 0. The van der Waals surface area contributed by atoms with Crippen molar-refractivity contribution < 1.29 is 4.79 Å². The summed E-state index contributed by atoms with van der Waals surface area (Å²) in [5.74, 6) is 0. The van der Waals surface area contributed by atoms with Gasteiger partial charge in [0, 0.05) is 31.6 Å². The van der Waals surface area contributed by atoms with Crippen LogP contribution in [0.4, 0.5) is 4.79 Å². The lowest BCUT2D eigenvalue weighted by Gasteiger charge is -1.92. The summed E-state index contributed by atoms with van der Waals surface area (Å²) in [5.41, 5.74) is 4.70. The second-order valence-corrected chi connectivity index (χ2v) is 4.28. The molecule has 0 saturated heterocycles. The molecule has 0 radical (unpaired) electrons. The number of nitriles is 1. The molecular formula is C2H3N3OS3. The van der Waals surface area contributed by atoms with Gasteiger partial charge in [0.2, 0.25) is 0 Å². The van der Waals surface area contributed by atoms with Crippen molar-refractivity contribution in [3.63, 3.8) is 0 Å². The molecule has 0 spiro atoms. The molecule has 50 valence electrons. The number of amides is 2. The molecule has 0 unspecified atom stereocenters. The standard InChI is InChI=1S/C2H3N3OS3/c3-1-7-9-8-5-2(4)6/h(H3,4,5,6). The molecular weight excluding hydrogens is 178 g/mol. The van der Waals surface area contributed by atoms with Gasteiger partial charge in [-0.3, -0.25) is 4.72 Å². The first kappa shape index (κ1) is 8.81. The van der Waals surface area contributed by atoms with Crippen LogP contribution in [0.1, 0.15) is 0 Å². The average molecular weight is 181 g/mol. The summed E-state index contributed by atoms with van der Waals surface area (Å²) < 4.78 is 2.23. The van der Waals surface area contributed by atoms with E-state index in [0.29, 0.717) is 0 Å². The van der Waals surface area contributed by atoms with Gasteiger partial charge in [0.15, 0.2) is 0 Å². The predicted molar refractivity (Wildman–Crippen MR) is 41.1 cm³/mol. The highest BCUT2D eigenvalue weighted by molar-refractivity contribution is 9.10. The van der Waals surface area contributed by atoms with Crippen molar-refractivity contribution in [3.05, 3.63) is 0 Å². The molecule has 2 amide bonds. The number of carbonyl (C=O) groups is 1. The molecule has 0 fully saturated rings. The van der Waals surface area contributed by atoms with Crippen LogP contribution in [0.2, 0.25) is 0 Å². The van der Waals surface area contributed by atoms with Crippen molar-refractivity contribution in [2.45, 2.75) is 0 Å². The molecule has 0 aromatic heterocycles. The minimum absolute atomic E-state index is 0.606. The van der Waals surface area contributed by atoms with E-state index in [0.717, 1.165) is 31.6 Å². The third-order valence-corrected chi connectivity index (χ3v) is 2.85. The van der Waals surface area contributed by atoms with Crippen LogP contribution in [-0.2, 0) is 0 Å². The zero-order valence-corrected chi connectivity index (χ0v) is 6.61. The van der Waals surface area contributed by atoms with Crippen molar-refractivity contribution in [1.29, 1.82) is 5.26 Å². The second kappa shape index (κ2) is 5.94. The first-order valence-electron chi connectivity index (χ1n) is 1.71. The number of nitrogens with zero attached hydrogens (tertiary/aromatic N) is 1. The maximum absolute atomic E-state index is 9.95. The van der Waals surface area contributed by atoms with Gasteiger partial charge in [-0.05, 0) is 0 Å². The smallest absolute Gasteiger partial charge is 0.322 e. The zero-order valence-electron chi connectivity index (χ0n) is 4.16. The topological polar surface area (TPSA) is 78.9 Å². The van der Waals surface area contributed by atoms with Gasteiger partial charge in [-0.1, -0.05) is 0 Å². The fourth-order valence-corrected chi connectivity index (χ4v) is 1.70. The Morgan fingerprint density at radius 3 is 2.89 bits per heavy atom. The first-order chi connectivity index (χ1) is 4.27. The van der Waals surface area contributed by atoms with Gasteiger partial charge in [0.05, 0.1) is 0 Å². The highest BCUT2D eigenvalue weighted by Gasteiger charge is 1.91. The summed E-state index contributed by atoms with van der Waals surface area (Å²) in [7, 11) is 3.13. The van der Waals surface area contributed by atoms with Gasteiger partial charge >= 0.3 is 6.03 Å². The molecule has 9 heavy (non-hydrogen) atoms. The summed E-state index contributed by atoms with van der Waals surface area (Å²) in [5, 5.41) is 9.77. The zero-order chi connectivity index (χ0) is 7.11. The third-order valence-electron chi connectivity index (χ3n) is 0.248. The van der Waals surface area contributed by atoms with Crippen LogP contribution >= 0.6 is 31.6 Å². The van der Waals surface area contributed by atoms with E-state index >= 15 is 0 Å². The summed E-state index contributed by atoms with van der Waals surface area (Å²) in [4.78, 5) is 9.95. The number of urea groups is 1. The van der Waals surface area contributed by atoms with Crippen LogP contribution in [-0.4, -0.2) is 6.03 Å². The van der Waals surface area contributed by atoms with E-state index in [4.69, 9.17) is 11.0 Å². The van der Waals surface area contributed by atoms with Crippen molar-refractivity contribution in [2.75, 3.05) is 0 Å². The van der Waals surface area contributed by atoms with Crippen molar-refractivity contribution in [1.82, 2.24) is 4.72 Å². The highest BCUT2D eigenvalue weighted by Crippen LogP contribution is 2.30. The molecule has 0 aromatic carbocycles. The molecule has 0 saturated carbocycles. The second-order valence-electron chi connectivity index (χ2n) is 0.792. The molecule has 7 heteroatoms. The summed E-state index contributed by atoms with van der Waals surface area (Å²) in [6, 6.07) is -0.606. The van der Waals surface area contributed by atoms with Gasteiger partial charge in [0.1, 0.15) is 5.40 Å². The number of carbonyl (C=O) groups excluding carboxylic acids is 1. The van der Waals surface area contributed by atoms with E-state index in [1.54, 1.807) is 0 Å². The molecule has 3 N–H and O–H groups in total. The lowest BCUT2D eigenvalue weighted by Crippen LogP contribution is -2.21. The van der Waals surface area contributed by atoms with Gasteiger partial charge in [0.25, 0.3) is 0 Å². The summed E-state index contributed by atoms with van der Waals surface area (Å²) in [6.45, 7) is 0. The fraction of sp³-hybridized carbons (Fsp3) is 0. The monoisotopic (exact) mass is 181 g/mol. The minimum atomic E-state index is -0.606. The number of primary amides is 1. The first-order valence-corrected chi connectivity index (χ1v) is 5.19. The normalized spacial score (nSPS) is 7.89. The Morgan fingerprint density at radius 2 is 2.44 bits per heavy atom. The molecule has 0 atom stereocenters. The molecule has 0 aliphatic heterocycles. The number of nitrogens with one attached hydrogen (secondary N) is 1. The van der Waals surface area contributed by atoms with Crippen LogP contribution < -0.4 is 10.5 Å². The Hall–Kier alpha value is -0.190. The van der Waals surface area contributed by atoms with E-state index < -0.39 is 6.03 Å². The van der Waals surface area contributed by atoms with Crippen LogP contribution in [0, 0.1) is 10.7 Å². The fourth-order valence-electron chi connectivity index (χ4n) is 0.0903. The molecule has 0 rings (SSSR count). The van der Waals surface area contributed by atoms with E-state index in [-0.39, 0.29) is 0 Å². The molecule has 0 aliphatic rings. The van der Waals surface area contributed by atoms with Gasteiger partial charge in [-0.25, -0.2) is 4.79 Å². The number of nitrogens with two attached hydrogens (primary N) is 1. The predicted octanol–water partition coefficient (Wildman–Crippen LogP) is 1.08. The van der Waals surface area contributed by atoms with Gasteiger partial charge in [-0.2, -0.15) is 5.26 Å². The molecule has 4 nitrogen and oxygen atoms in total. The van der Waals surface area contributed by atoms with Crippen LogP contribution in [0.15, 0.2) is 0 Å². The Balaban J connectivity index is 2.94. The number of hydrogen-bond donors (Lipinski definition) is 2. The lowest BCUT2D eigenvalue weighted by atomic mass is 11.2. The van der Waals surface area contributed by atoms with Crippen molar-refractivity contribution >= 4 is 37.6 Å². The van der Waals surface area contributed by atoms with Crippen molar-refractivity contribution in [3.8, 4) is 5.40 Å². The van der Waals surface area contributed by atoms with Crippen molar-refractivity contribution in [2.24, 2.45) is 5.73 Å². The average Bonchev–Trinajstić information content (AvgIpc) is 1.80. The maximum Gasteiger partial charge on any atom is 0.322 e. The van der Waals surface area contributed by atoms with E-state index in [1.165, 1.54) is 0 Å². The summed E-state index contributed by atoms with van der Waals surface area (Å²) >= 11 is 0. The number of thiocyanates is 1. The lowest BCUT2D eigenvalue weighted by molar-refractivity contribution is 0.254. The Kier molecular flexibility index (Phi) is 5.81. The maximum atomic E-state index is 9.95. The molecule has 0 heterocycles. The van der Waals surface area contributed by atoms with Gasteiger partial charge in [-0.15, -0.1) is 0 Å². The molecule has 0 bridgehead atoms. The van der Waals surface area contributed by atoms with Crippen LogP contribution in [0.5, 0.6) is 0 Å². The van der Waals surface area contributed by atoms with Crippen LogP contribution in [0.25, 0.3) is 0 Å². The van der Waals surface area contributed by atoms with E-state index in [2.05, 4.69) is 4.72 Å². The quantitative estimate of drug-likeness (QED) is 0.295. The molecule has 0 aromatic rings. The Bertz CT molecular complexity index is 132. The van der Waals surface area contributed by atoms with Gasteiger partial charge < -0.3 is 5.73 Å². The van der Waals surface area contributed by atoms with Crippen LogP contribution in [0.3, 0.4) is 0 Å². The third kappa shape index (κ3) is 7.81. The Labute approximate surface area is 63.9 Å². The minimum Gasteiger partial charge on any atom is -0.351 e. The number of rotatable bonds is 3. The van der Waals surface area contributed by atoms with E-state index in [1.807, 2.05) is 5.40 Å². The van der Waals surface area contributed by atoms with E-state index in [9.17, 15) is 4.79 Å².